The Bertz CT molecular complexity index is 205. The van der Waals surface area contributed by atoms with E-state index in [2.05, 4.69) is 11.8 Å². The van der Waals surface area contributed by atoms with Crippen molar-refractivity contribution in [2.75, 3.05) is 18.1 Å². The Hall–Kier alpha value is -0.220. The highest BCUT2D eigenvalue weighted by atomic mass is 32.2. The third-order valence-corrected chi connectivity index (χ3v) is 4.15. The minimum atomic E-state index is -0.669. The minimum absolute atomic E-state index is 0.289. The largest absolute Gasteiger partial charge is 0.480 e. The normalized spacial score (nSPS) is 20.5. The molecule has 0 aromatic carbocycles. The zero-order valence-electron chi connectivity index (χ0n) is 9.61. The van der Waals surface area contributed by atoms with Gasteiger partial charge < -0.3 is 5.11 Å². The van der Waals surface area contributed by atoms with Gasteiger partial charge in [0.05, 0.1) is 0 Å². The van der Waals surface area contributed by atoms with Gasteiger partial charge in [-0.25, -0.2) is 0 Å². The lowest BCUT2D eigenvalue weighted by Gasteiger charge is -2.36. The average Bonchev–Trinajstić information content (AvgIpc) is 2.26. The van der Waals surface area contributed by atoms with Crippen LogP contribution in [0.4, 0.5) is 0 Å². The highest BCUT2D eigenvalue weighted by Crippen LogP contribution is 2.24. The van der Waals surface area contributed by atoms with E-state index in [-0.39, 0.29) is 6.04 Å². The fourth-order valence-electron chi connectivity index (χ4n) is 2.30. The molecule has 1 aliphatic heterocycles. The Kier molecular flexibility index (Phi) is 5.47. The lowest BCUT2D eigenvalue weighted by atomic mass is 10.1. The summed E-state index contributed by atoms with van der Waals surface area (Å²) in [6, 6.07) is 0.195. The van der Waals surface area contributed by atoms with Crippen LogP contribution in [-0.4, -0.2) is 46.1 Å². The van der Waals surface area contributed by atoms with Crippen molar-refractivity contribution in [3.63, 3.8) is 0 Å². The summed E-state index contributed by atoms with van der Waals surface area (Å²) < 4.78 is 0. The molecule has 0 aromatic heterocycles. The number of rotatable bonds is 5. The number of likely N-dealkylation sites (N-methyl/N-ethyl adjacent to an activating group) is 1. The molecule has 1 N–H and O–H groups in total. The molecule has 0 aromatic rings. The van der Waals surface area contributed by atoms with Crippen molar-refractivity contribution in [2.45, 2.75) is 45.2 Å². The van der Waals surface area contributed by atoms with E-state index in [4.69, 9.17) is 5.11 Å². The van der Waals surface area contributed by atoms with Crippen LogP contribution in [0.1, 0.15) is 33.1 Å². The predicted octanol–water partition coefficient (Wildman–Crippen LogP) is 2.07. The van der Waals surface area contributed by atoms with Crippen molar-refractivity contribution in [3.8, 4) is 0 Å². The molecule has 0 aliphatic carbocycles. The van der Waals surface area contributed by atoms with Gasteiger partial charge in [0.1, 0.15) is 6.04 Å². The van der Waals surface area contributed by atoms with Gasteiger partial charge in [-0.15, -0.1) is 0 Å². The molecule has 15 heavy (non-hydrogen) atoms. The number of carboxylic acid groups (broad SMARTS) is 1. The number of carboxylic acids is 1. The molecule has 1 aliphatic rings. The van der Waals surface area contributed by atoms with Crippen LogP contribution in [0.5, 0.6) is 0 Å². The van der Waals surface area contributed by atoms with Crippen LogP contribution in [0.3, 0.4) is 0 Å². The van der Waals surface area contributed by atoms with E-state index in [0.717, 1.165) is 19.4 Å². The second-order valence-electron chi connectivity index (χ2n) is 3.94. The summed E-state index contributed by atoms with van der Waals surface area (Å²) in [5.74, 6) is 1.69. The molecule has 1 heterocycles. The number of hydrogen-bond acceptors (Lipinski definition) is 3. The summed E-state index contributed by atoms with van der Waals surface area (Å²) in [7, 11) is 0. The summed E-state index contributed by atoms with van der Waals surface area (Å²) in [5.41, 5.74) is 0. The van der Waals surface area contributed by atoms with E-state index >= 15 is 0 Å². The standard InChI is InChI=1S/C11H21NO2S/c1-3-10(11(13)14)12(4-2)9-5-7-15-8-6-9/h9-10H,3-8H2,1-2H3,(H,13,14)/t10-/m1/s1. The molecule has 4 heteroatoms. The number of thioether (sulfide) groups is 1. The van der Waals surface area contributed by atoms with E-state index in [1.807, 2.05) is 18.7 Å². The SMILES string of the molecule is CC[C@H](C(=O)O)N(CC)C1CCSCC1. The van der Waals surface area contributed by atoms with Crippen LogP contribution >= 0.6 is 11.8 Å². The van der Waals surface area contributed by atoms with Crippen molar-refractivity contribution in [1.29, 1.82) is 0 Å². The van der Waals surface area contributed by atoms with Gasteiger partial charge in [0, 0.05) is 6.04 Å². The van der Waals surface area contributed by atoms with E-state index in [0.29, 0.717) is 12.5 Å². The van der Waals surface area contributed by atoms with E-state index in [9.17, 15) is 4.79 Å². The Morgan fingerprint density at radius 2 is 2.07 bits per heavy atom. The number of carbonyl (C=O) groups is 1. The third kappa shape index (κ3) is 3.38. The van der Waals surface area contributed by atoms with Gasteiger partial charge in [-0.2, -0.15) is 11.8 Å². The molecule has 88 valence electrons. The van der Waals surface area contributed by atoms with E-state index in [1.165, 1.54) is 11.5 Å². The Morgan fingerprint density at radius 3 is 2.47 bits per heavy atom. The number of hydrogen-bond donors (Lipinski definition) is 1. The maximum absolute atomic E-state index is 11.1. The van der Waals surface area contributed by atoms with Gasteiger partial charge in [-0.3, -0.25) is 9.69 Å². The van der Waals surface area contributed by atoms with E-state index in [1.54, 1.807) is 0 Å². The van der Waals surface area contributed by atoms with Gasteiger partial charge in [-0.05, 0) is 37.3 Å². The second-order valence-corrected chi connectivity index (χ2v) is 5.16. The Morgan fingerprint density at radius 1 is 1.47 bits per heavy atom. The molecule has 0 bridgehead atoms. The average molecular weight is 231 g/mol. The monoisotopic (exact) mass is 231 g/mol. The first-order chi connectivity index (χ1) is 7.20. The van der Waals surface area contributed by atoms with Crippen LogP contribution in [-0.2, 0) is 4.79 Å². The lowest BCUT2D eigenvalue weighted by Crippen LogP contribution is -2.48. The van der Waals surface area contributed by atoms with Crippen LogP contribution in [0, 0.1) is 0 Å². The zero-order chi connectivity index (χ0) is 11.3. The number of aliphatic carboxylic acids is 1. The second kappa shape index (κ2) is 6.38. The van der Waals surface area contributed by atoms with Gasteiger partial charge in [0.2, 0.25) is 0 Å². The summed E-state index contributed by atoms with van der Waals surface area (Å²) in [4.78, 5) is 13.3. The van der Waals surface area contributed by atoms with Crippen LogP contribution in [0.25, 0.3) is 0 Å². The molecule has 0 radical (unpaired) electrons. The Balaban J connectivity index is 2.62. The van der Waals surface area contributed by atoms with Crippen molar-refractivity contribution >= 4 is 17.7 Å². The predicted molar refractivity (Wildman–Crippen MR) is 64.4 cm³/mol. The molecule has 1 rings (SSSR count). The fraction of sp³-hybridized carbons (Fsp3) is 0.909. The molecular formula is C11H21NO2S. The summed E-state index contributed by atoms with van der Waals surface area (Å²) in [5, 5.41) is 9.16. The first-order valence-electron chi connectivity index (χ1n) is 5.77. The molecule has 0 amide bonds. The van der Waals surface area contributed by atoms with Crippen molar-refractivity contribution in [1.82, 2.24) is 4.90 Å². The summed E-state index contributed by atoms with van der Waals surface area (Å²) in [6.07, 6.45) is 2.98. The first kappa shape index (κ1) is 12.8. The van der Waals surface area contributed by atoms with Crippen LogP contribution < -0.4 is 0 Å². The molecule has 0 saturated carbocycles. The topological polar surface area (TPSA) is 40.5 Å². The highest BCUT2D eigenvalue weighted by molar-refractivity contribution is 7.99. The molecular weight excluding hydrogens is 210 g/mol. The lowest BCUT2D eigenvalue weighted by molar-refractivity contribution is -0.144. The smallest absolute Gasteiger partial charge is 0.320 e. The van der Waals surface area contributed by atoms with Crippen LogP contribution in [0.2, 0.25) is 0 Å². The molecule has 0 spiro atoms. The highest BCUT2D eigenvalue weighted by Gasteiger charge is 2.29. The zero-order valence-corrected chi connectivity index (χ0v) is 10.4. The minimum Gasteiger partial charge on any atom is -0.480 e. The van der Waals surface area contributed by atoms with Gasteiger partial charge in [0.15, 0.2) is 0 Å². The third-order valence-electron chi connectivity index (χ3n) is 3.10. The molecule has 1 saturated heterocycles. The maximum atomic E-state index is 11.1. The van der Waals surface area contributed by atoms with Crippen molar-refractivity contribution in [3.05, 3.63) is 0 Å². The van der Waals surface area contributed by atoms with Gasteiger partial charge in [0.25, 0.3) is 0 Å². The number of nitrogens with zero attached hydrogens (tertiary/aromatic N) is 1. The summed E-state index contributed by atoms with van der Waals surface area (Å²) >= 11 is 1.98. The van der Waals surface area contributed by atoms with Crippen LogP contribution in [0.15, 0.2) is 0 Å². The molecule has 1 atom stereocenters. The first-order valence-corrected chi connectivity index (χ1v) is 6.92. The van der Waals surface area contributed by atoms with E-state index < -0.39 is 5.97 Å². The van der Waals surface area contributed by atoms with Gasteiger partial charge in [-0.1, -0.05) is 13.8 Å². The van der Waals surface area contributed by atoms with Crippen molar-refractivity contribution < 1.29 is 9.90 Å². The van der Waals surface area contributed by atoms with Gasteiger partial charge >= 0.3 is 5.97 Å². The molecule has 3 nitrogen and oxygen atoms in total. The maximum Gasteiger partial charge on any atom is 0.320 e. The Labute approximate surface area is 96.2 Å². The fourth-order valence-corrected chi connectivity index (χ4v) is 3.38. The quantitative estimate of drug-likeness (QED) is 0.786. The molecule has 0 unspecified atom stereocenters. The molecule has 1 fully saturated rings. The van der Waals surface area contributed by atoms with Crippen molar-refractivity contribution in [2.24, 2.45) is 0 Å². The summed E-state index contributed by atoms with van der Waals surface area (Å²) in [6.45, 7) is 4.87.